The van der Waals surface area contributed by atoms with Crippen LogP contribution in [0, 0.1) is 5.82 Å². The average Bonchev–Trinajstić information content (AvgIpc) is 3.27. The van der Waals surface area contributed by atoms with Crippen LogP contribution in [-0.4, -0.2) is 23.8 Å². The summed E-state index contributed by atoms with van der Waals surface area (Å²) in [5.41, 5.74) is 2.27. The van der Waals surface area contributed by atoms with Crippen molar-refractivity contribution in [3.05, 3.63) is 125 Å². The normalized spacial score (nSPS) is 14.8. The molecule has 0 saturated carbocycles. The number of benzene rings is 3. The van der Waals surface area contributed by atoms with E-state index in [1.807, 2.05) is 37.3 Å². The molecule has 5 rings (SSSR count). The van der Waals surface area contributed by atoms with E-state index in [1.165, 1.54) is 23.5 Å². The fourth-order valence-corrected chi connectivity index (χ4v) is 5.98. The highest BCUT2D eigenvalue weighted by Gasteiger charge is 2.33. The number of allylic oxidation sites excluding steroid dienone is 1. The van der Waals surface area contributed by atoms with Crippen molar-refractivity contribution in [1.29, 1.82) is 0 Å². The van der Waals surface area contributed by atoms with E-state index in [4.69, 9.17) is 25.8 Å². The van der Waals surface area contributed by atoms with Crippen LogP contribution in [0.5, 0.6) is 11.5 Å². The molecule has 10 heteroatoms. The summed E-state index contributed by atoms with van der Waals surface area (Å²) in [6.07, 6.45) is 1.75. The summed E-state index contributed by atoms with van der Waals surface area (Å²) in [5.74, 6) is -0.110. The van der Waals surface area contributed by atoms with Gasteiger partial charge in [-0.1, -0.05) is 65.4 Å². The van der Waals surface area contributed by atoms with Crippen LogP contribution in [0.1, 0.15) is 43.5 Å². The molecule has 4 aromatic rings. The van der Waals surface area contributed by atoms with Crippen LogP contribution in [-0.2, 0) is 16.1 Å². The highest BCUT2D eigenvalue weighted by atomic mass is 35.5. The third-order valence-corrected chi connectivity index (χ3v) is 7.97. The van der Waals surface area contributed by atoms with Crippen molar-refractivity contribution >= 4 is 35.0 Å². The van der Waals surface area contributed by atoms with Gasteiger partial charge in [-0.15, -0.1) is 0 Å². The van der Waals surface area contributed by atoms with E-state index in [9.17, 15) is 14.0 Å². The molecule has 216 valence electrons. The number of carbonyl (C=O) groups is 1. The van der Waals surface area contributed by atoms with Gasteiger partial charge in [0.2, 0.25) is 0 Å². The Balaban J connectivity index is 1.55. The first-order valence-corrected chi connectivity index (χ1v) is 14.6. The van der Waals surface area contributed by atoms with Crippen molar-refractivity contribution in [2.24, 2.45) is 4.99 Å². The minimum atomic E-state index is -0.677. The summed E-state index contributed by atoms with van der Waals surface area (Å²) in [6.45, 7) is 5.83. The summed E-state index contributed by atoms with van der Waals surface area (Å²) >= 11 is 7.38. The fourth-order valence-electron chi connectivity index (χ4n) is 4.72. The second-order valence-electron chi connectivity index (χ2n) is 9.34. The molecule has 0 saturated heterocycles. The van der Waals surface area contributed by atoms with Gasteiger partial charge in [-0.25, -0.2) is 14.2 Å². The average molecular weight is 607 g/mol. The molecule has 0 bridgehead atoms. The molecule has 1 aromatic heterocycles. The van der Waals surface area contributed by atoms with Gasteiger partial charge in [-0.2, -0.15) is 0 Å². The topological polar surface area (TPSA) is 79.1 Å². The van der Waals surface area contributed by atoms with Gasteiger partial charge in [-0.05, 0) is 62.2 Å². The van der Waals surface area contributed by atoms with Crippen LogP contribution in [0.25, 0.3) is 6.08 Å². The number of rotatable bonds is 9. The zero-order valence-electron chi connectivity index (χ0n) is 23.2. The Labute approximate surface area is 250 Å². The van der Waals surface area contributed by atoms with E-state index < -0.39 is 17.8 Å². The maximum absolute atomic E-state index is 14.2. The Kier molecular flexibility index (Phi) is 8.89. The van der Waals surface area contributed by atoms with Crippen molar-refractivity contribution in [2.45, 2.75) is 33.4 Å². The lowest BCUT2D eigenvalue weighted by atomic mass is 9.96. The summed E-state index contributed by atoms with van der Waals surface area (Å²) in [6, 6.07) is 18.4. The number of ether oxygens (including phenoxy) is 3. The first-order valence-electron chi connectivity index (χ1n) is 13.4. The predicted octanol–water partition coefficient (Wildman–Crippen LogP) is 5.57. The molecule has 1 aliphatic rings. The van der Waals surface area contributed by atoms with Gasteiger partial charge in [0.15, 0.2) is 16.3 Å². The van der Waals surface area contributed by atoms with Gasteiger partial charge in [0.05, 0.1) is 40.1 Å². The van der Waals surface area contributed by atoms with Crippen LogP contribution in [0.2, 0.25) is 5.02 Å². The third kappa shape index (κ3) is 5.89. The summed E-state index contributed by atoms with van der Waals surface area (Å²) in [7, 11) is 0. The second-order valence-corrected chi connectivity index (χ2v) is 10.8. The Bertz CT molecular complexity index is 1830. The lowest BCUT2D eigenvalue weighted by Gasteiger charge is -2.24. The summed E-state index contributed by atoms with van der Waals surface area (Å²) in [4.78, 5) is 31.9. The molecule has 42 heavy (non-hydrogen) atoms. The standard InChI is InChI=1S/C32H28ClFN2O5S/c1-4-39-26-16-20(14-15-25(26)41-18-22-23(33)12-9-13-24(22)34)17-27-30(37)36-29(21-10-7-6-8-11-21)28(31(38)40-5-2)19(3)35-32(36)42-27/h6-17,29H,4-5,18H2,1-3H3/b27-17-/t29-/m1/s1. The van der Waals surface area contributed by atoms with Gasteiger partial charge in [0.25, 0.3) is 5.56 Å². The number of hydrogen-bond acceptors (Lipinski definition) is 7. The first-order chi connectivity index (χ1) is 20.3. The molecular weight excluding hydrogens is 579 g/mol. The van der Waals surface area contributed by atoms with E-state index >= 15 is 0 Å². The zero-order valence-corrected chi connectivity index (χ0v) is 24.8. The first kappa shape index (κ1) is 29.3. The van der Waals surface area contributed by atoms with Gasteiger partial charge >= 0.3 is 5.97 Å². The molecule has 0 aliphatic carbocycles. The van der Waals surface area contributed by atoms with Gasteiger partial charge < -0.3 is 14.2 Å². The minimum absolute atomic E-state index is 0.0782. The molecule has 0 radical (unpaired) electrons. The maximum atomic E-state index is 14.2. The van der Waals surface area contributed by atoms with Crippen LogP contribution in [0.3, 0.4) is 0 Å². The Morgan fingerprint density at radius 1 is 1.05 bits per heavy atom. The molecule has 1 aliphatic heterocycles. The maximum Gasteiger partial charge on any atom is 0.338 e. The van der Waals surface area contributed by atoms with E-state index in [0.29, 0.717) is 44.3 Å². The quantitative estimate of drug-likeness (QED) is 0.233. The molecule has 3 aromatic carbocycles. The van der Waals surface area contributed by atoms with Crippen molar-refractivity contribution in [2.75, 3.05) is 13.2 Å². The molecule has 0 N–H and O–H groups in total. The van der Waals surface area contributed by atoms with E-state index in [0.717, 1.165) is 5.56 Å². The molecule has 1 atom stereocenters. The predicted molar refractivity (Wildman–Crippen MR) is 160 cm³/mol. The molecular formula is C32H28ClFN2O5S. The molecule has 7 nitrogen and oxygen atoms in total. The molecule has 0 amide bonds. The van der Waals surface area contributed by atoms with Gasteiger partial charge in [-0.3, -0.25) is 9.36 Å². The van der Waals surface area contributed by atoms with Crippen molar-refractivity contribution in [3.63, 3.8) is 0 Å². The van der Waals surface area contributed by atoms with E-state index in [-0.39, 0.29) is 29.4 Å². The lowest BCUT2D eigenvalue weighted by molar-refractivity contribution is -0.139. The lowest BCUT2D eigenvalue weighted by Crippen LogP contribution is -2.39. The largest absolute Gasteiger partial charge is 0.490 e. The number of esters is 1. The highest BCUT2D eigenvalue weighted by molar-refractivity contribution is 7.07. The second kappa shape index (κ2) is 12.8. The van der Waals surface area contributed by atoms with Crippen molar-refractivity contribution in [1.82, 2.24) is 4.57 Å². The van der Waals surface area contributed by atoms with Crippen LogP contribution >= 0.6 is 22.9 Å². The molecule has 2 heterocycles. The third-order valence-electron chi connectivity index (χ3n) is 6.63. The summed E-state index contributed by atoms with van der Waals surface area (Å²) in [5, 5.41) is 0.273. The number of thiazole rings is 1. The van der Waals surface area contributed by atoms with Crippen LogP contribution < -0.4 is 24.4 Å². The number of carbonyl (C=O) groups excluding carboxylic acids is 1. The Morgan fingerprint density at radius 3 is 2.55 bits per heavy atom. The fraction of sp³-hybridized carbons (Fsp3) is 0.219. The summed E-state index contributed by atoms with van der Waals surface area (Å²) < 4.78 is 33.2. The van der Waals surface area contributed by atoms with E-state index in [1.54, 1.807) is 48.8 Å². The zero-order chi connectivity index (χ0) is 29.8. The number of hydrogen-bond donors (Lipinski definition) is 0. The molecule has 0 unspecified atom stereocenters. The number of nitrogens with zero attached hydrogens (tertiary/aromatic N) is 2. The smallest absolute Gasteiger partial charge is 0.338 e. The van der Waals surface area contributed by atoms with Crippen molar-refractivity contribution < 1.29 is 23.4 Å². The number of fused-ring (bicyclic) bond motifs is 1. The van der Waals surface area contributed by atoms with Crippen LogP contribution in [0.4, 0.5) is 4.39 Å². The van der Waals surface area contributed by atoms with Crippen molar-refractivity contribution in [3.8, 4) is 11.5 Å². The van der Waals surface area contributed by atoms with E-state index in [2.05, 4.69) is 4.99 Å². The number of halogens is 2. The van der Waals surface area contributed by atoms with Crippen LogP contribution in [0.15, 0.2) is 87.8 Å². The highest BCUT2D eigenvalue weighted by Crippen LogP contribution is 2.32. The minimum Gasteiger partial charge on any atom is -0.490 e. The molecule has 0 fully saturated rings. The van der Waals surface area contributed by atoms with Gasteiger partial charge in [0, 0.05) is 5.56 Å². The number of aromatic nitrogens is 1. The monoisotopic (exact) mass is 606 g/mol. The van der Waals surface area contributed by atoms with Gasteiger partial charge in [0.1, 0.15) is 12.4 Å². The SMILES string of the molecule is CCOC(=O)C1=C(C)N=c2s/c(=C\c3ccc(OCc4c(F)cccc4Cl)c(OCC)c3)c(=O)n2[C@@H]1c1ccccc1. The Morgan fingerprint density at radius 2 is 1.83 bits per heavy atom. The Hall–Kier alpha value is -4.21. The molecule has 0 spiro atoms.